The van der Waals surface area contributed by atoms with Gasteiger partial charge in [0.15, 0.2) is 6.23 Å². The van der Waals surface area contributed by atoms with E-state index in [1.165, 1.54) is 0 Å². The van der Waals surface area contributed by atoms with Crippen LogP contribution in [0, 0.1) is 11.8 Å². The van der Waals surface area contributed by atoms with Gasteiger partial charge in [0.05, 0.1) is 18.1 Å². The monoisotopic (exact) mass is 265 g/mol. The number of hydrogen-bond donors (Lipinski definition) is 1. The maximum absolute atomic E-state index is 12.5. The summed E-state index contributed by atoms with van der Waals surface area (Å²) >= 11 is 0. The molecule has 6 nitrogen and oxygen atoms in total. The first-order valence-electron chi connectivity index (χ1n) is 6.55. The van der Waals surface area contributed by atoms with Crippen LogP contribution in [0.5, 0.6) is 0 Å². The normalized spacial score (nSPS) is 50.5. The predicted octanol–water partition coefficient (Wildman–Crippen LogP) is -0.0105. The fourth-order valence-corrected chi connectivity index (χ4v) is 4.10. The topological polar surface area (TPSA) is 76.1 Å². The molecule has 4 aliphatic rings. The van der Waals surface area contributed by atoms with Crippen molar-refractivity contribution in [2.24, 2.45) is 11.8 Å². The molecule has 0 unspecified atom stereocenters. The number of carbonyl (C=O) groups is 2. The molecule has 1 N–H and O–H groups in total. The van der Waals surface area contributed by atoms with Crippen molar-refractivity contribution in [2.75, 3.05) is 13.2 Å². The van der Waals surface area contributed by atoms with Gasteiger partial charge < -0.3 is 19.5 Å². The number of hydrogen-bond acceptors (Lipinski definition) is 4. The number of aliphatic carboxylic acids is 1. The number of fused-ring (bicyclic) bond motifs is 2. The van der Waals surface area contributed by atoms with E-state index in [9.17, 15) is 14.7 Å². The molecule has 0 saturated carbocycles. The van der Waals surface area contributed by atoms with Gasteiger partial charge in [-0.25, -0.2) is 0 Å². The van der Waals surface area contributed by atoms with Crippen LogP contribution in [0.4, 0.5) is 0 Å². The van der Waals surface area contributed by atoms with Gasteiger partial charge in [-0.05, 0) is 19.4 Å². The van der Waals surface area contributed by atoms with E-state index in [4.69, 9.17) is 9.47 Å². The van der Waals surface area contributed by atoms with Crippen molar-refractivity contribution in [1.29, 1.82) is 0 Å². The highest BCUT2D eigenvalue weighted by atomic mass is 16.6. The van der Waals surface area contributed by atoms with E-state index in [2.05, 4.69) is 0 Å². The van der Waals surface area contributed by atoms with Crippen LogP contribution in [0.25, 0.3) is 0 Å². The van der Waals surface area contributed by atoms with Crippen molar-refractivity contribution >= 4 is 11.9 Å². The summed E-state index contributed by atoms with van der Waals surface area (Å²) in [5, 5.41) is 9.47. The van der Waals surface area contributed by atoms with Crippen LogP contribution in [-0.2, 0) is 19.1 Å². The lowest BCUT2D eigenvalue weighted by Gasteiger charge is -2.36. The molecule has 6 heteroatoms. The lowest BCUT2D eigenvalue weighted by Crippen LogP contribution is -2.50. The van der Waals surface area contributed by atoms with Crippen molar-refractivity contribution in [1.82, 2.24) is 4.90 Å². The van der Waals surface area contributed by atoms with Gasteiger partial charge in [0, 0.05) is 6.54 Å². The fraction of sp³-hybridized carbons (Fsp3) is 0.692. The number of rotatable bonds is 1. The van der Waals surface area contributed by atoms with E-state index >= 15 is 0 Å². The lowest BCUT2D eigenvalue weighted by molar-refractivity contribution is -0.179. The van der Waals surface area contributed by atoms with Crippen molar-refractivity contribution in [3.63, 3.8) is 0 Å². The van der Waals surface area contributed by atoms with Crippen LogP contribution >= 0.6 is 0 Å². The molecular weight excluding hydrogens is 250 g/mol. The molecule has 5 atom stereocenters. The smallest absolute Gasteiger partial charge is 0.310 e. The number of amides is 1. The molecule has 4 heterocycles. The zero-order chi connectivity index (χ0) is 13.4. The second-order valence-corrected chi connectivity index (χ2v) is 5.87. The average molecular weight is 265 g/mol. The van der Waals surface area contributed by atoms with Crippen LogP contribution < -0.4 is 0 Å². The van der Waals surface area contributed by atoms with Gasteiger partial charge >= 0.3 is 5.97 Å². The maximum Gasteiger partial charge on any atom is 0.310 e. The van der Waals surface area contributed by atoms with E-state index in [0.717, 1.165) is 6.42 Å². The highest BCUT2D eigenvalue weighted by Gasteiger charge is 2.75. The summed E-state index contributed by atoms with van der Waals surface area (Å²) < 4.78 is 11.7. The average Bonchev–Trinajstić information content (AvgIpc) is 2.94. The Balaban J connectivity index is 1.86. The first-order chi connectivity index (χ1) is 9.00. The Kier molecular flexibility index (Phi) is 1.92. The largest absolute Gasteiger partial charge is 0.481 e. The van der Waals surface area contributed by atoms with Crippen LogP contribution in [0.15, 0.2) is 12.2 Å². The molecule has 0 aromatic rings. The van der Waals surface area contributed by atoms with Gasteiger partial charge in [-0.3, -0.25) is 9.59 Å². The van der Waals surface area contributed by atoms with E-state index < -0.39 is 35.2 Å². The number of carbonyl (C=O) groups excluding carboxylic acids is 1. The molecular formula is C13H15NO5. The number of carboxylic acids is 1. The highest BCUT2D eigenvalue weighted by molar-refractivity contribution is 5.91. The van der Waals surface area contributed by atoms with Gasteiger partial charge in [-0.15, -0.1) is 0 Å². The third kappa shape index (κ3) is 1.10. The van der Waals surface area contributed by atoms with Gasteiger partial charge in [0.2, 0.25) is 5.91 Å². The Morgan fingerprint density at radius 3 is 3.05 bits per heavy atom. The molecule has 3 saturated heterocycles. The van der Waals surface area contributed by atoms with Gasteiger partial charge in [-0.2, -0.15) is 0 Å². The maximum atomic E-state index is 12.5. The molecule has 0 radical (unpaired) electrons. The minimum Gasteiger partial charge on any atom is -0.481 e. The van der Waals surface area contributed by atoms with Crippen LogP contribution in [0.1, 0.15) is 13.3 Å². The number of ether oxygens (including phenoxy) is 2. The molecule has 3 fully saturated rings. The summed E-state index contributed by atoms with van der Waals surface area (Å²) in [4.78, 5) is 25.7. The Labute approximate surface area is 110 Å². The SMILES string of the molecule is C[C@@]12C=C[C@@]3(O1)[C@H](C(=O)N1CCCO[C@@H]13)[C@H]2C(=O)O. The molecule has 19 heavy (non-hydrogen) atoms. The second kappa shape index (κ2) is 3.19. The van der Waals surface area contributed by atoms with E-state index in [1.807, 2.05) is 6.08 Å². The second-order valence-electron chi connectivity index (χ2n) is 5.87. The van der Waals surface area contributed by atoms with E-state index in [-0.39, 0.29) is 5.91 Å². The Hall–Kier alpha value is -1.40. The van der Waals surface area contributed by atoms with Crippen LogP contribution in [0.2, 0.25) is 0 Å². The molecule has 1 amide bonds. The number of nitrogens with zero attached hydrogens (tertiary/aromatic N) is 1. The van der Waals surface area contributed by atoms with Crippen molar-refractivity contribution in [3.8, 4) is 0 Å². The van der Waals surface area contributed by atoms with E-state index in [1.54, 1.807) is 17.9 Å². The zero-order valence-electron chi connectivity index (χ0n) is 10.5. The molecule has 102 valence electrons. The summed E-state index contributed by atoms with van der Waals surface area (Å²) in [6.07, 6.45) is 3.92. The molecule has 0 aliphatic carbocycles. The molecule has 4 aliphatic heterocycles. The van der Waals surface area contributed by atoms with Gasteiger partial charge in [0.25, 0.3) is 0 Å². The first-order valence-corrected chi connectivity index (χ1v) is 6.55. The molecule has 0 aromatic carbocycles. The Morgan fingerprint density at radius 2 is 2.32 bits per heavy atom. The summed E-state index contributed by atoms with van der Waals surface area (Å²) in [5.74, 6) is -2.63. The molecule has 4 rings (SSSR count). The Bertz CT molecular complexity index is 517. The van der Waals surface area contributed by atoms with Crippen LogP contribution in [0.3, 0.4) is 0 Å². The van der Waals surface area contributed by atoms with Crippen LogP contribution in [-0.4, -0.2) is 52.5 Å². The first kappa shape index (κ1) is 11.4. The summed E-state index contributed by atoms with van der Waals surface area (Å²) in [6.45, 7) is 2.92. The van der Waals surface area contributed by atoms with E-state index in [0.29, 0.717) is 13.2 Å². The quantitative estimate of drug-likeness (QED) is 0.675. The van der Waals surface area contributed by atoms with Crippen molar-refractivity contribution < 1.29 is 24.2 Å². The minimum absolute atomic E-state index is 0.148. The highest BCUT2D eigenvalue weighted by Crippen LogP contribution is 2.60. The molecule has 1 spiro atoms. The Morgan fingerprint density at radius 1 is 1.53 bits per heavy atom. The predicted molar refractivity (Wildman–Crippen MR) is 62.0 cm³/mol. The standard InChI is InChI=1S/C13H15NO5/c1-12-3-4-13(19-12)7(8(12)10(16)17)9(15)14-5-2-6-18-11(13)14/h3-4,7-8,11H,2,5-6H2,1H3,(H,16,17)/t7-,8-,11+,12-,13+/m0/s1. The summed E-state index contributed by atoms with van der Waals surface area (Å²) in [5.41, 5.74) is -1.81. The minimum atomic E-state index is -0.980. The van der Waals surface area contributed by atoms with Gasteiger partial charge in [0.1, 0.15) is 11.5 Å². The third-order valence-electron chi connectivity index (χ3n) is 4.81. The zero-order valence-corrected chi connectivity index (χ0v) is 10.5. The molecule has 0 aromatic heterocycles. The summed E-state index contributed by atoms with van der Waals surface area (Å²) in [7, 11) is 0. The molecule has 2 bridgehead atoms. The lowest BCUT2D eigenvalue weighted by atomic mass is 9.72. The summed E-state index contributed by atoms with van der Waals surface area (Å²) in [6, 6.07) is 0. The van der Waals surface area contributed by atoms with Crippen molar-refractivity contribution in [3.05, 3.63) is 12.2 Å². The van der Waals surface area contributed by atoms with Gasteiger partial charge in [-0.1, -0.05) is 6.08 Å². The third-order valence-corrected chi connectivity index (χ3v) is 4.81. The number of carboxylic acid groups (broad SMARTS) is 1. The van der Waals surface area contributed by atoms with Crippen molar-refractivity contribution in [2.45, 2.75) is 30.8 Å². The fourth-order valence-electron chi connectivity index (χ4n) is 4.10.